The van der Waals surface area contributed by atoms with Crippen LogP contribution in [0.5, 0.6) is 0 Å². The summed E-state index contributed by atoms with van der Waals surface area (Å²) in [4.78, 5) is 25.3. The number of nitrogen functional groups attached to an aromatic ring is 1. The third-order valence-electron chi connectivity index (χ3n) is 6.64. The minimum atomic E-state index is -1.31. The van der Waals surface area contributed by atoms with Crippen LogP contribution in [0.25, 0.3) is 0 Å². The number of ether oxygens (including phenoxy) is 1. The molecule has 10 heteroatoms. The van der Waals surface area contributed by atoms with Gasteiger partial charge in [-0.15, -0.1) is 0 Å². The topological polar surface area (TPSA) is 168 Å². The zero-order valence-corrected chi connectivity index (χ0v) is 22.5. The number of rotatable bonds is 18. The molecule has 10 nitrogen and oxygen atoms in total. The average molecular weight is 528 g/mol. The first-order valence-corrected chi connectivity index (χ1v) is 14.0. The Balaban J connectivity index is 0.000000373. The normalized spacial score (nSPS) is 21.0. The van der Waals surface area contributed by atoms with Crippen LogP contribution >= 0.6 is 0 Å². The number of hydrogen-bond acceptors (Lipinski definition) is 8. The number of carboxylic acids is 1. The van der Waals surface area contributed by atoms with Crippen LogP contribution in [0.1, 0.15) is 116 Å². The molecule has 0 spiro atoms. The van der Waals surface area contributed by atoms with E-state index in [2.05, 4.69) is 11.9 Å². The zero-order chi connectivity index (χ0) is 27.5. The lowest BCUT2D eigenvalue weighted by Crippen LogP contribution is -2.36. The second-order valence-electron chi connectivity index (χ2n) is 9.86. The van der Waals surface area contributed by atoms with Crippen molar-refractivity contribution in [1.29, 1.82) is 0 Å². The van der Waals surface area contributed by atoms with E-state index in [0.29, 0.717) is 6.42 Å². The van der Waals surface area contributed by atoms with Gasteiger partial charge in [0.2, 0.25) is 0 Å². The van der Waals surface area contributed by atoms with Crippen molar-refractivity contribution in [2.24, 2.45) is 0 Å². The van der Waals surface area contributed by atoms with Crippen molar-refractivity contribution >= 4 is 11.8 Å². The molecule has 2 heterocycles. The number of aliphatic hydroxyl groups is 3. The molecule has 0 aromatic carbocycles. The third kappa shape index (κ3) is 13.9. The molecule has 1 saturated heterocycles. The van der Waals surface area contributed by atoms with E-state index >= 15 is 0 Å². The van der Waals surface area contributed by atoms with Crippen molar-refractivity contribution in [2.45, 2.75) is 134 Å². The van der Waals surface area contributed by atoms with E-state index in [1.807, 2.05) is 0 Å². The van der Waals surface area contributed by atoms with Gasteiger partial charge in [-0.3, -0.25) is 9.36 Å². The van der Waals surface area contributed by atoms with E-state index in [4.69, 9.17) is 20.7 Å². The van der Waals surface area contributed by atoms with Crippen LogP contribution in [-0.4, -0.2) is 60.9 Å². The summed E-state index contributed by atoms with van der Waals surface area (Å²) >= 11 is 0. The smallest absolute Gasteiger partial charge is 0.351 e. The third-order valence-corrected chi connectivity index (χ3v) is 6.64. The highest BCUT2D eigenvalue weighted by molar-refractivity contribution is 5.66. The number of anilines is 1. The molecule has 1 aromatic rings. The van der Waals surface area contributed by atoms with Gasteiger partial charge in [0.1, 0.15) is 24.1 Å². The fraction of sp³-hybridized carbons (Fsp3) is 0.815. The van der Waals surface area contributed by atoms with Gasteiger partial charge in [0.15, 0.2) is 6.23 Å². The number of carbonyl (C=O) groups is 1. The van der Waals surface area contributed by atoms with Gasteiger partial charge in [0, 0.05) is 12.6 Å². The molecule has 0 amide bonds. The standard InChI is InChI=1S/C18H36O2.C9H13N3O5/c1-2-3-4-5-6-7-8-9-10-11-12-13-14-15-16-17-18(19)20;10-5-1-2-12(9(16)11-5)8-7(15)6(14)4(3-13)17-8/h2-17H2,1H3,(H,19,20);1-2,4,6-8,13-15H,3H2,(H2,10,11,16)/t;4-,6-,7+,8-/m.1/s1. The van der Waals surface area contributed by atoms with Gasteiger partial charge in [-0.05, 0) is 12.5 Å². The summed E-state index contributed by atoms with van der Waals surface area (Å²) in [6.07, 6.45) is 16.9. The maximum absolute atomic E-state index is 11.5. The monoisotopic (exact) mass is 527 g/mol. The fourth-order valence-corrected chi connectivity index (χ4v) is 4.38. The number of carboxylic acid groups (broad SMARTS) is 1. The summed E-state index contributed by atoms with van der Waals surface area (Å²) in [5, 5.41) is 36.7. The number of aliphatic carboxylic acids is 1. The van der Waals surface area contributed by atoms with Gasteiger partial charge in [0.05, 0.1) is 6.61 Å². The van der Waals surface area contributed by atoms with E-state index in [-0.39, 0.29) is 5.82 Å². The number of unbranched alkanes of at least 4 members (excludes halogenated alkanes) is 14. The Morgan fingerprint density at radius 1 is 0.919 bits per heavy atom. The van der Waals surface area contributed by atoms with Crippen LogP contribution in [0, 0.1) is 0 Å². The lowest BCUT2D eigenvalue weighted by molar-refractivity contribution is -0.137. The first-order valence-electron chi connectivity index (χ1n) is 14.0. The molecule has 0 bridgehead atoms. The molecule has 4 atom stereocenters. The molecule has 0 radical (unpaired) electrons. The van der Waals surface area contributed by atoms with E-state index in [0.717, 1.165) is 17.4 Å². The Morgan fingerprint density at radius 3 is 1.81 bits per heavy atom. The second-order valence-corrected chi connectivity index (χ2v) is 9.86. The molecule has 214 valence electrons. The lowest BCUT2D eigenvalue weighted by Gasteiger charge is -2.16. The Bertz CT molecular complexity index is 790. The van der Waals surface area contributed by atoms with Gasteiger partial charge in [-0.25, -0.2) is 4.79 Å². The van der Waals surface area contributed by atoms with Gasteiger partial charge in [0.25, 0.3) is 0 Å². The Labute approximate surface area is 220 Å². The minimum absolute atomic E-state index is 0.0537. The molecule has 1 aromatic heterocycles. The van der Waals surface area contributed by atoms with Gasteiger partial charge in [-0.1, -0.05) is 96.8 Å². The predicted molar refractivity (Wildman–Crippen MR) is 143 cm³/mol. The van der Waals surface area contributed by atoms with E-state index in [9.17, 15) is 19.8 Å². The van der Waals surface area contributed by atoms with E-state index < -0.39 is 42.8 Å². The second kappa shape index (κ2) is 20.0. The first kappa shape index (κ1) is 33.0. The highest BCUT2D eigenvalue weighted by Gasteiger charge is 2.43. The summed E-state index contributed by atoms with van der Waals surface area (Å²) in [5.41, 5.74) is 4.63. The van der Waals surface area contributed by atoms with Crippen LogP contribution in [0.4, 0.5) is 5.82 Å². The molecular weight excluding hydrogens is 478 g/mol. The molecule has 6 N–H and O–H groups in total. The Kier molecular flexibility index (Phi) is 17.9. The quantitative estimate of drug-likeness (QED) is 0.178. The predicted octanol–water partition coefficient (Wildman–Crippen LogP) is 3.77. The first-order chi connectivity index (χ1) is 17.8. The van der Waals surface area contributed by atoms with Crippen molar-refractivity contribution in [1.82, 2.24) is 9.55 Å². The van der Waals surface area contributed by atoms with Crippen molar-refractivity contribution in [3.63, 3.8) is 0 Å². The SMILES string of the molecule is CCCCCCCCCCCCCCCCCC(=O)O.Nc1ccn([C@@H]2O[C@H](CO)[C@@H](O)[C@@H]2O)c(=O)n1. The molecule has 0 saturated carbocycles. The maximum atomic E-state index is 11.5. The molecule has 0 aliphatic carbocycles. The molecule has 1 aliphatic rings. The van der Waals surface area contributed by atoms with Crippen LogP contribution in [0.3, 0.4) is 0 Å². The van der Waals surface area contributed by atoms with Crippen LogP contribution < -0.4 is 11.4 Å². The summed E-state index contributed by atoms with van der Waals surface area (Å²) in [7, 11) is 0. The minimum Gasteiger partial charge on any atom is -0.481 e. The largest absolute Gasteiger partial charge is 0.481 e. The summed E-state index contributed by atoms with van der Waals surface area (Å²) < 4.78 is 6.19. The molecule has 37 heavy (non-hydrogen) atoms. The van der Waals surface area contributed by atoms with Gasteiger partial charge >= 0.3 is 11.7 Å². The fourth-order valence-electron chi connectivity index (χ4n) is 4.38. The lowest BCUT2D eigenvalue weighted by atomic mass is 10.0. The summed E-state index contributed by atoms with van der Waals surface area (Å²) in [5.74, 6) is -0.599. The van der Waals surface area contributed by atoms with Crippen molar-refractivity contribution in [3.05, 3.63) is 22.7 Å². The van der Waals surface area contributed by atoms with E-state index in [1.54, 1.807) is 0 Å². The summed E-state index contributed by atoms with van der Waals surface area (Å²) in [6.45, 7) is 1.82. The highest BCUT2D eigenvalue weighted by Crippen LogP contribution is 2.27. The number of nitrogens with zero attached hydrogens (tertiary/aromatic N) is 2. The number of aromatic nitrogens is 2. The number of hydrogen-bond donors (Lipinski definition) is 5. The van der Waals surface area contributed by atoms with Crippen LogP contribution in [-0.2, 0) is 9.53 Å². The molecular formula is C27H49N3O7. The van der Waals surface area contributed by atoms with E-state index in [1.165, 1.54) is 95.7 Å². The number of nitrogens with two attached hydrogens (primary N) is 1. The molecule has 2 rings (SSSR count). The maximum Gasteiger partial charge on any atom is 0.351 e. The van der Waals surface area contributed by atoms with Crippen LogP contribution in [0.2, 0.25) is 0 Å². The molecule has 1 aliphatic heterocycles. The highest BCUT2D eigenvalue weighted by atomic mass is 16.6. The molecule has 1 fully saturated rings. The Morgan fingerprint density at radius 2 is 1.41 bits per heavy atom. The van der Waals surface area contributed by atoms with Gasteiger partial charge < -0.3 is 30.9 Å². The summed E-state index contributed by atoms with van der Waals surface area (Å²) in [6, 6.07) is 1.37. The van der Waals surface area contributed by atoms with Crippen molar-refractivity contribution in [2.75, 3.05) is 12.3 Å². The number of aliphatic hydroxyl groups excluding tert-OH is 3. The van der Waals surface area contributed by atoms with Gasteiger partial charge in [-0.2, -0.15) is 4.98 Å². The van der Waals surface area contributed by atoms with Crippen LogP contribution in [0.15, 0.2) is 17.1 Å². The zero-order valence-electron chi connectivity index (χ0n) is 22.5. The van der Waals surface area contributed by atoms with Crippen molar-refractivity contribution in [3.8, 4) is 0 Å². The average Bonchev–Trinajstić information content (AvgIpc) is 3.15. The Hall–Kier alpha value is -2.01. The molecule has 0 unspecified atom stereocenters. The van der Waals surface area contributed by atoms with Crippen molar-refractivity contribution < 1.29 is 30.0 Å².